The molecule has 0 aliphatic carbocycles. The fourth-order valence-corrected chi connectivity index (χ4v) is 2.34. The molecule has 0 spiro atoms. The van der Waals surface area contributed by atoms with Gasteiger partial charge in [-0.3, -0.25) is 4.79 Å². The summed E-state index contributed by atoms with van der Waals surface area (Å²) in [6.07, 6.45) is 5.89. The van der Waals surface area contributed by atoms with Crippen molar-refractivity contribution in [1.29, 1.82) is 0 Å². The molecule has 1 aliphatic heterocycles. The molecule has 1 fully saturated rings. The molecule has 1 N–H and O–H groups in total. The van der Waals surface area contributed by atoms with Crippen molar-refractivity contribution >= 4 is 11.7 Å². The molecule has 2 rings (SSSR count). The van der Waals surface area contributed by atoms with Crippen LogP contribution in [0.1, 0.15) is 33.1 Å². The number of carbonyl (C=O) groups is 1. The second-order valence-corrected chi connectivity index (χ2v) is 5.49. The second-order valence-electron chi connectivity index (χ2n) is 5.49. The van der Waals surface area contributed by atoms with Crippen molar-refractivity contribution < 1.29 is 4.79 Å². The van der Waals surface area contributed by atoms with Gasteiger partial charge in [0, 0.05) is 31.7 Å². The van der Waals surface area contributed by atoms with Gasteiger partial charge in [-0.25, -0.2) is 9.97 Å². The highest BCUT2D eigenvalue weighted by molar-refractivity contribution is 5.76. The van der Waals surface area contributed by atoms with Crippen LogP contribution in [0.25, 0.3) is 0 Å². The summed E-state index contributed by atoms with van der Waals surface area (Å²) in [6, 6.07) is 2.27. The van der Waals surface area contributed by atoms with E-state index < -0.39 is 0 Å². The Morgan fingerprint density at radius 1 is 1.47 bits per heavy atom. The summed E-state index contributed by atoms with van der Waals surface area (Å²) >= 11 is 0. The van der Waals surface area contributed by atoms with Gasteiger partial charge in [-0.15, -0.1) is 0 Å². The normalized spacial score (nSPS) is 16.7. The standard InChI is InChI=1S/C14H22N4O/c1-11(2)9-14(19)18-7-4-12(5-8-18)17-13-3-6-15-10-16-13/h3,6,10-12H,4-5,7-9H2,1-2H3,(H,15,16,17). The van der Waals surface area contributed by atoms with Crippen LogP contribution in [-0.2, 0) is 4.79 Å². The Hall–Kier alpha value is -1.65. The Bertz CT molecular complexity index is 399. The van der Waals surface area contributed by atoms with E-state index >= 15 is 0 Å². The highest BCUT2D eigenvalue weighted by Gasteiger charge is 2.23. The molecule has 1 saturated heterocycles. The summed E-state index contributed by atoms with van der Waals surface area (Å²) in [7, 11) is 0. The van der Waals surface area contributed by atoms with Gasteiger partial charge in [0.25, 0.3) is 0 Å². The number of aromatic nitrogens is 2. The quantitative estimate of drug-likeness (QED) is 0.900. The molecule has 0 atom stereocenters. The second kappa shape index (κ2) is 6.50. The topological polar surface area (TPSA) is 58.1 Å². The van der Waals surface area contributed by atoms with E-state index in [2.05, 4.69) is 29.1 Å². The highest BCUT2D eigenvalue weighted by atomic mass is 16.2. The minimum atomic E-state index is 0.287. The zero-order valence-electron chi connectivity index (χ0n) is 11.7. The van der Waals surface area contributed by atoms with Crippen LogP contribution in [0.3, 0.4) is 0 Å². The van der Waals surface area contributed by atoms with E-state index in [4.69, 9.17) is 0 Å². The first-order chi connectivity index (χ1) is 9.15. The number of hydrogen-bond acceptors (Lipinski definition) is 4. The van der Waals surface area contributed by atoms with Gasteiger partial charge in [0.2, 0.25) is 5.91 Å². The molecule has 2 heterocycles. The molecule has 0 unspecified atom stereocenters. The molecule has 19 heavy (non-hydrogen) atoms. The van der Waals surface area contributed by atoms with Gasteiger partial charge in [-0.1, -0.05) is 13.8 Å². The maximum atomic E-state index is 12.0. The number of piperidine rings is 1. The van der Waals surface area contributed by atoms with E-state index in [1.807, 2.05) is 11.0 Å². The van der Waals surface area contributed by atoms with Gasteiger partial charge in [-0.2, -0.15) is 0 Å². The summed E-state index contributed by atoms with van der Waals surface area (Å²) in [6.45, 7) is 5.85. The lowest BCUT2D eigenvalue weighted by atomic mass is 10.0. The third-order valence-corrected chi connectivity index (χ3v) is 3.36. The van der Waals surface area contributed by atoms with Gasteiger partial charge in [-0.05, 0) is 24.8 Å². The lowest BCUT2D eigenvalue weighted by Crippen LogP contribution is -2.42. The molecular weight excluding hydrogens is 240 g/mol. The average molecular weight is 262 g/mol. The van der Waals surface area contributed by atoms with E-state index in [9.17, 15) is 4.79 Å². The smallest absolute Gasteiger partial charge is 0.222 e. The van der Waals surface area contributed by atoms with Crippen molar-refractivity contribution in [3.63, 3.8) is 0 Å². The molecule has 0 saturated carbocycles. The van der Waals surface area contributed by atoms with E-state index in [0.717, 1.165) is 31.7 Å². The van der Waals surface area contributed by atoms with Crippen molar-refractivity contribution in [1.82, 2.24) is 14.9 Å². The Morgan fingerprint density at radius 3 is 2.79 bits per heavy atom. The zero-order valence-corrected chi connectivity index (χ0v) is 11.7. The fraction of sp³-hybridized carbons (Fsp3) is 0.643. The molecule has 1 amide bonds. The SMILES string of the molecule is CC(C)CC(=O)N1CCC(Nc2ccncn2)CC1. The first-order valence-corrected chi connectivity index (χ1v) is 6.95. The fourth-order valence-electron chi connectivity index (χ4n) is 2.34. The van der Waals surface area contributed by atoms with Gasteiger partial charge >= 0.3 is 0 Å². The number of rotatable bonds is 4. The summed E-state index contributed by atoms with van der Waals surface area (Å²) in [5.74, 6) is 1.59. The van der Waals surface area contributed by atoms with Crippen LogP contribution in [0, 0.1) is 5.92 Å². The summed E-state index contributed by atoms with van der Waals surface area (Å²) < 4.78 is 0. The Balaban J connectivity index is 1.78. The average Bonchev–Trinajstić information content (AvgIpc) is 2.40. The minimum Gasteiger partial charge on any atom is -0.367 e. The maximum Gasteiger partial charge on any atom is 0.222 e. The lowest BCUT2D eigenvalue weighted by molar-refractivity contribution is -0.132. The molecule has 5 nitrogen and oxygen atoms in total. The predicted molar refractivity (Wildman–Crippen MR) is 74.7 cm³/mol. The molecule has 0 radical (unpaired) electrons. The van der Waals surface area contributed by atoms with Gasteiger partial charge in [0.1, 0.15) is 12.1 Å². The molecule has 1 aliphatic rings. The summed E-state index contributed by atoms with van der Waals surface area (Å²) in [4.78, 5) is 22.0. The molecular formula is C14H22N4O. The third-order valence-electron chi connectivity index (χ3n) is 3.36. The van der Waals surface area contributed by atoms with E-state index in [1.165, 1.54) is 0 Å². The molecule has 0 aromatic carbocycles. The lowest BCUT2D eigenvalue weighted by Gasteiger charge is -2.33. The van der Waals surface area contributed by atoms with Crippen LogP contribution in [0.2, 0.25) is 0 Å². The Labute approximate surface area is 114 Å². The van der Waals surface area contributed by atoms with Crippen LogP contribution in [-0.4, -0.2) is 39.9 Å². The minimum absolute atomic E-state index is 0.287. The van der Waals surface area contributed by atoms with Crippen molar-refractivity contribution in [2.24, 2.45) is 5.92 Å². The van der Waals surface area contributed by atoms with Crippen LogP contribution >= 0.6 is 0 Å². The Kier molecular flexibility index (Phi) is 4.71. The first kappa shape index (κ1) is 13.8. The molecule has 1 aromatic rings. The van der Waals surface area contributed by atoms with Gasteiger partial charge < -0.3 is 10.2 Å². The number of nitrogens with zero attached hydrogens (tertiary/aromatic N) is 3. The van der Waals surface area contributed by atoms with Crippen LogP contribution in [0.15, 0.2) is 18.6 Å². The molecule has 1 aromatic heterocycles. The van der Waals surface area contributed by atoms with E-state index in [-0.39, 0.29) is 5.91 Å². The molecule has 0 bridgehead atoms. The molecule has 5 heteroatoms. The number of carbonyl (C=O) groups excluding carboxylic acids is 1. The van der Waals surface area contributed by atoms with Crippen LogP contribution in [0.4, 0.5) is 5.82 Å². The zero-order chi connectivity index (χ0) is 13.7. The van der Waals surface area contributed by atoms with Crippen molar-refractivity contribution in [2.75, 3.05) is 18.4 Å². The highest BCUT2D eigenvalue weighted by Crippen LogP contribution is 2.16. The third kappa shape index (κ3) is 4.19. The number of likely N-dealkylation sites (tertiary alicyclic amines) is 1. The maximum absolute atomic E-state index is 12.0. The van der Waals surface area contributed by atoms with E-state index in [1.54, 1.807) is 12.5 Å². The summed E-state index contributed by atoms with van der Waals surface area (Å²) in [5.41, 5.74) is 0. The van der Waals surface area contributed by atoms with Crippen molar-refractivity contribution in [3.8, 4) is 0 Å². The first-order valence-electron chi connectivity index (χ1n) is 6.95. The Morgan fingerprint density at radius 2 is 2.21 bits per heavy atom. The van der Waals surface area contributed by atoms with Crippen molar-refractivity contribution in [2.45, 2.75) is 39.2 Å². The number of amides is 1. The summed E-state index contributed by atoms with van der Waals surface area (Å²) in [5, 5.41) is 3.39. The number of hydrogen-bond donors (Lipinski definition) is 1. The van der Waals surface area contributed by atoms with Crippen LogP contribution < -0.4 is 5.32 Å². The molecule has 104 valence electrons. The monoisotopic (exact) mass is 262 g/mol. The van der Waals surface area contributed by atoms with Gasteiger partial charge in [0.15, 0.2) is 0 Å². The van der Waals surface area contributed by atoms with E-state index in [0.29, 0.717) is 18.4 Å². The van der Waals surface area contributed by atoms with Gasteiger partial charge in [0.05, 0.1) is 0 Å². The van der Waals surface area contributed by atoms with Crippen LogP contribution in [0.5, 0.6) is 0 Å². The largest absolute Gasteiger partial charge is 0.367 e. The predicted octanol–water partition coefficient (Wildman–Crippen LogP) is 1.93. The number of anilines is 1. The van der Waals surface area contributed by atoms with Crippen molar-refractivity contribution in [3.05, 3.63) is 18.6 Å². The number of nitrogens with one attached hydrogen (secondary N) is 1.